The summed E-state index contributed by atoms with van der Waals surface area (Å²) in [6.45, 7) is 3.82. The summed E-state index contributed by atoms with van der Waals surface area (Å²) in [6.07, 6.45) is 6.61. The van der Waals surface area contributed by atoms with E-state index in [1.54, 1.807) is 0 Å². The maximum absolute atomic E-state index is 6.09. The van der Waals surface area contributed by atoms with Crippen LogP contribution in [0.1, 0.15) is 43.7 Å². The number of hydrogen-bond acceptors (Lipinski definition) is 3. The third-order valence-electron chi connectivity index (χ3n) is 2.94. The van der Waals surface area contributed by atoms with Crippen LogP contribution in [0.2, 0.25) is 0 Å². The maximum atomic E-state index is 6.09. The molecule has 1 aliphatic rings. The zero-order chi connectivity index (χ0) is 11.4. The van der Waals surface area contributed by atoms with Crippen LogP contribution in [0.3, 0.4) is 0 Å². The Kier molecular flexibility index (Phi) is 4.18. The van der Waals surface area contributed by atoms with E-state index >= 15 is 0 Å². The van der Waals surface area contributed by atoms with Crippen LogP contribution in [-0.4, -0.2) is 27.7 Å². The normalized spacial score (nSPS) is 22.5. The van der Waals surface area contributed by atoms with Crippen LogP contribution in [-0.2, 0) is 11.3 Å². The van der Waals surface area contributed by atoms with Crippen molar-refractivity contribution in [2.24, 2.45) is 0 Å². The van der Waals surface area contributed by atoms with Gasteiger partial charge in [0.1, 0.15) is 5.69 Å². The Morgan fingerprint density at radius 3 is 3.25 bits per heavy atom. The van der Waals surface area contributed by atoms with Crippen molar-refractivity contribution in [3.05, 3.63) is 11.9 Å². The third-order valence-corrected chi connectivity index (χ3v) is 3.47. The molecule has 2 rings (SSSR count). The quantitative estimate of drug-likeness (QED) is 0.747. The molecule has 2 atom stereocenters. The Balaban J connectivity index is 1.82. The Labute approximate surface area is 101 Å². The number of rotatable bonds is 5. The van der Waals surface area contributed by atoms with Gasteiger partial charge in [0.15, 0.2) is 0 Å². The topological polar surface area (TPSA) is 39.9 Å². The summed E-state index contributed by atoms with van der Waals surface area (Å²) in [6, 6.07) is 0. The van der Waals surface area contributed by atoms with Crippen molar-refractivity contribution in [3.8, 4) is 0 Å². The van der Waals surface area contributed by atoms with Crippen LogP contribution in [0.5, 0.6) is 0 Å². The van der Waals surface area contributed by atoms with Gasteiger partial charge in [-0.3, -0.25) is 4.68 Å². The fourth-order valence-corrected chi connectivity index (χ4v) is 2.02. The van der Waals surface area contributed by atoms with Crippen molar-refractivity contribution in [3.63, 3.8) is 0 Å². The highest BCUT2D eigenvalue weighted by Crippen LogP contribution is 2.21. The van der Waals surface area contributed by atoms with Crippen LogP contribution in [0.25, 0.3) is 0 Å². The number of aryl methyl sites for hydroxylation is 1. The van der Waals surface area contributed by atoms with Gasteiger partial charge in [-0.05, 0) is 25.7 Å². The first-order valence-corrected chi connectivity index (χ1v) is 6.39. The smallest absolute Gasteiger partial charge is 0.100 e. The molecule has 1 aromatic heterocycles. The molecule has 0 amide bonds. The predicted molar refractivity (Wildman–Crippen MR) is 62.5 cm³/mol. The summed E-state index contributed by atoms with van der Waals surface area (Å²) in [5.74, 6) is 0. The number of alkyl halides is 1. The lowest BCUT2D eigenvalue weighted by Gasteiger charge is -2.07. The Hall–Kier alpha value is -0.610. The Morgan fingerprint density at radius 1 is 1.69 bits per heavy atom. The van der Waals surface area contributed by atoms with E-state index in [0.29, 0.717) is 6.10 Å². The van der Waals surface area contributed by atoms with Gasteiger partial charge in [-0.25, -0.2) is 0 Å². The second kappa shape index (κ2) is 5.64. The molecule has 0 saturated carbocycles. The lowest BCUT2D eigenvalue weighted by Crippen LogP contribution is -2.10. The zero-order valence-electron chi connectivity index (χ0n) is 9.60. The molecule has 1 fully saturated rings. The van der Waals surface area contributed by atoms with Crippen molar-refractivity contribution >= 4 is 11.6 Å². The van der Waals surface area contributed by atoms with Crippen LogP contribution >= 0.6 is 11.6 Å². The molecule has 1 aliphatic heterocycles. The molecular formula is C11H18ClN3O. The van der Waals surface area contributed by atoms with Gasteiger partial charge < -0.3 is 4.74 Å². The first-order chi connectivity index (χ1) is 7.79. The molecule has 4 nitrogen and oxygen atoms in total. The molecule has 0 spiro atoms. The van der Waals surface area contributed by atoms with Gasteiger partial charge in [0.25, 0.3) is 0 Å². The predicted octanol–water partition coefficient (Wildman–Crippen LogP) is 2.54. The van der Waals surface area contributed by atoms with E-state index in [0.717, 1.165) is 31.7 Å². The number of ether oxygens (including phenoxy) is 1. The molecular weight excluding hydrogens is 226 g/mol. The largest absolute Gasteiger partial charge is 0.378 e. The number of nitrogens with zero attached hydrogens (tertiary/aromatic N) is 3. The summed E-state index contributed by atoms with van der Waals surface area (Å²) in [4.78, 5) is 0. The Bertz CT molecular complexity index is 323. The maximum Gasteiger partial charge on any atom is 0.100 e. The van der Waals surface area contributed by atoms with Crippen LogP contribution in [0, 0.1) is 0 Å². The van der Waals surface area contributed by atoms with Crippen molar-refractivity contribution in [1.29, 1.82) is 0 Å². The minimum Gasteiger partial charge on any atom is -0.378 e. The summed E-state index contributed by atoms with van der Waals surface area (Å²) in [7, 11) is 0. The van der Waals surface area contributed by atoms with E-state index < -0.39 is 0 Å². The molecule has 0 N–H and O–H groups in total. The van der Waals surface area contributed by atoms with Crippen molar-refractivity contribution in [2.45, 2.75) is 50.6 Å². The molecule has 2 unspecified atom stereocenters. The minimum atomic E-state index is -0.0171. The van der Waals surface area contributed by atoms with Crippen LogP contribution in [0.15, 0.2) is 6.20 Å². The molecule has 2 heterocycles. The molecule has 0 radical (unpaired) electrons. The molecule has 1 aromatic rings. The van der Waals surface area contributed by atoms with Crippen molar-refractivity contribution in [2.75, 3.05) is 6.61 Å². The highest BCUT2D eigenvalue weighted by Gasteiger charge is 2.16. The standard InChI is InChI=1S/C11H18ClN3O/c1-2-10(12)11-8-15(14-13-11)6-5-9-4-3-7-16-9/h8-10H,2-7H2,1H3. The SMILES string of the molecule is CCC(Cl)c1cn(CCC2CCCO2)nn1. The summed E-state index contributed by atoms with van der Waals surface area (Å²) >= 11 is 6.09. The fourth-order valence-electron chi connectivity index (χ4n) is 1.92. The van der Waals surface area contributed by atoms with E-state index in [2.05, 4.69) is 10.3 Å². The zero-order valence-corrected chi connectivity index (χ0v) is 10.4. The van der Waals surface area contributed by atoms with E-state index in [4.69, 9.17) is 16.3 Å². The highest BCUT2D eigenvalue weighted by atomic mass is 35.5. The van der Waals surface area contributed by atoms with Gasteiger partial charge in [0.05, 0.1) is 11.5 Å². The van der Waals surface area contributed by atoms with E-state index in [1.165, 1.54) is 12.8 Å². The highest BCUT2D eigenvalue weighted by molar-refractivity contribution is 6.20. The van der Waals surface area contributed by atoms with Gasteiger partial charge in [0.2, 0.25) is 0 Å². The molecule has 5 heteroatoms. The lowest BCUT2D eigenvalue weighted by atomic mass is 10.2. The van der Waals surface area contributed by atoms with Gasteiger partial charge in [-0.1, -0.05) is 12.1 Å². The van der Waals surface area contributed by atoms with E-state index in [9.17, 15) is 0 Å². The molecule has 0 aromatic carbocycles. The van der Waals surface area contributed by atoms with Crippen LogP contribution < -0.4 is 0 Å². The molecule has 90 valence electrons. The second-order valence-electron chi connectivity index (χ2n) is 4.21. The first-order valence-electron chi connectivity index (χ1n) is 5.95. The van der Waals surface area contributed by atoms with Crippen LogP contribution in [0.4, 0.5) is 0 Å². The fraction of sp³-hybridized carbons (Fsp3) is 0.818. The molecule has 1 saturated heterocycles. The average Bonchev–Trinajstić information content (AvgIpc) is 2.96. The molecule has 0 bridgehead atoms. The number of hydrogen-bond donors (Lipinski definition) is 0. The van der Waals surface area contributed by atoms with E-state index in [-0.39, 0.29) is 5.38 Å². The summed E-state index contributed by atoms with van der Waals surface area (Å²) in [5.41, 5.74) is 0.872. The summed E-state index contributed by atoms with van der Waals surface area (Å²) in [5, 5.41) is 8.13. The second-order valence-corrected chi connectivity index (χ2v) is 4.73. The van der Waals surface area contributed by atoms with E-state index in [1.807, 2.05) is 17.8 Å². The number of halogens is 1. The van der Waals surface area contributed by atoms with Gasteiger partial charge >= 0.3 is 0 Å². The average molecular weight is 244 g/mol. The minimum absolute atomic E-state index is 0.0171. The van der Waals surface area contributed by atoms with Gasteiger partial charge in [-0.15, -0.1) is 16.7 Å². The third kappa shape index (κ3) is 2.95. The Morgan fingerprint density at radius 2 is 2.56 bits per heavy atom. The summed E-state index contributed by atoms with van der Waals surface area (Å²) < 4.78 is 7.43. The monoisotopic (exact) mass is 243 g/mol. The molecule has 0 aliphatic carbocycles. The molecule has 16 heavy (non-hydrogen) atoms. The first kappa shape index (κ1) is 11.9. The lowest BCUT2D eigenvalue weighted by molar-refractivity contribution is 0.0993. The number of aromatic nitrogens is 3. The van der Waals surface area contributed by atoms with Crippen molar-refractivity contribution in [1.82, 2.24) is 15.0 Å². The van der Waals surface area contributed by atoms with Gasteiger partial charge in [-0.2, -0.15) is 0 Å². The van der Waals surface area contributed by atoms with Gasteiger partial charge in [0, 0.05) is 19.3 Å². The van der Waals surface area contributed by atoms with Crippen molar-refractivity contribution < 1.29 is 4.74 Å².